The Morgan fingerprint density at radius 1 is 1.33 bits per heavy atom. The second-order valence-corrected chi connectivity index (χ2v) is 6.50. The van der Waals surface area contributed by atoms with Crippen LogP contribution in [0.5, 0.6) is 5.75 Å². The summed E-state index contributed by atoms with van der Waals surface area (Å²) >= 11 is 6.03. The molecule has 0 unspecified atom stereocenters. The molecule has 3 nitrogen and oxygen atoms in total. The van der Waals surface area contributed by atoms with Crippen LogP contribution in [0.4, 0.5) is 0 Å². The first kappa shape index (κ1) is 16.3. The van der Waals surface area contributed by atoms with Gasteiger partial charge in [0.25, 0.3) is 0 Å². The zero-order chi connectivity index (χ0) is 15.2. The molecule has 2 rings (SSSR count). The zero-order valence-electron chi connectivity index (χ0n) is 12.9. The molecular formula is C17H24ClNO2. The van der Waals surface area contributed by atoms with Crippen LogP contribution in [0.3, 0.4) is 0 Å². The minimum absolute atomic E-state index is 0.114. The maximum atomic E-state index is 12.5. The van der Waals surface area contributed by atoms with Gasteiger partial charge >= 0.3 is 0 Å². The predicted molar refractivity (Wildman–Crippen MR) is 86.4 cm³/mol. The SMILES string of the molecule is CC(C)COc1ccc(Cl)cc1C(=O)CCN1CCCC1. The zero-order valence-corrected chi connectivity index (χ0v) is 13.7. The second kappa shape index (κ2) is 7.81. The number of hydrogen-bond acceptors (Lipinski definition) is 3. The monoisotopic (exact) mass is 309 g/mol. The van der Waals surface area contributed by atoms with E-state index in [1.54, 1.807) is 18.2 Å². The normalized spacial score (nSPS) is 15.6. The fraction of sp³-hybridized carbons (Fsp3) is 0.588. The third-order valence-corrected chi connectivity index (χ3v) is 3.90. The summed E-state index contributed by atoms with van der Waals surface area (Å²) in [5.74, 6) is 1.19. The molecule has 1 fully saturated rings. The Bertz CT molecular complexity index is 482. The van der Waals surface area contributed by atoms with Crippen LogP contribution in [0.15, 0.2) is 18.2 Å². The Morgan fingerprint density at radius 2 is 2.05 bits per heavy atom. The molecule has 0 atom stereocenters. The number of nitrogens with zero attached hydrogens (tertiary/aromatic N) is 1. The van der Waals surface area contributed by atoms with E-state index in [-0.39, 0.29) is 5.78 Å². The molecule has 0 saturated carbocycles. The molecule has 1 aliphatic heterocycles. The van der Waals surface area contributed by atoms with Gasteiger partial charge in [-0.05, 0) is 50.0 Å². The van der Waals surface area contributed by atoms with E-state index >= 15 is 0 Å². The molecular weight excluding hydrogens is 286 g/mol. The number of hydrogen-bond donors (Lipinski definition) is 0. The first-order valence-corrected chi connectivity index (χ1v) is 8.12. The van der Waals surface area contributed by atoms with Crippen LogP contribution >= 0.6 is 11.6 Å². The molecule has 1 aromatic carbocycles. The smallest absolute Gasteiger partial charge is 0.167 e. The van der Waals surface area contributed by atoms with Crippen LogP contribution in [-0.2, 0) is 0 Å². The molecule has 0 spiro atoms. The van der Waals surface area contributed by atoms with Gasteiger partial charge in [-0.25, -0.2) is 0 Å². The number of carbonyl (C=O) groups is 1. The number of rotatable bonds is 7. The highest BCUT2D eigenvalue weighted by molar-refractivity contribution is 6.31. The molecule has 116 valence electrons. The molecule has 0 amide bonds. The van der Waals surface area contributed by atoms with Gasteiger partial charge in [-0.3, -0.25) is 4.79 Å². The third-order valence-electron chi connectivity index (χ3n) is 3.67. The number of ether oxygens (including phenoxy) is 1. The molecule has 1 saturated heterocycles. The topological polar surface area (TPSA) is 29.5 Å². The van der Waals surface area contributed by atoms with E-state index in [1.807, 2.05) is 0 Å². The highest BCUT2D eigenvalue weighted by atomic mass is 35.5. The minimum atomic E-state index is 0.114. The van der Waals surface area contributed by atoms with Crippen molar-refractivity contribution in [1.82, 2.24) is 4.90 Å². The van der Waals surface area contributed by atoms with Crippen LogP contribution < -0.4 is 4.74 Å². The first-order valence-electron chi connectivity index (χ1n) is 7.74. The Kier molecular flexibility index (Phi) is 6.07. The number of ketones is 1. The second-order valence-electron chi connectivity index (χ2n) is 6.07. The largest absolute Gasteiger partial charge is 0.493 e. The van der Waals surface area contributed by atoms with Crippen molar-refractivity contribution in [2.45, 2.75) is 33.1 Å². The summed E-state index contributed by atoms with van der Waals surface area (Å²) in [6.45, 7) is 7.83. The Labute approximate surface area is 132 Å². The maximum Gasteiger partial charge on any atom is 0.167 e. The summed E-state index contributed by atoms with van der Waals surface area (Å²) < 4.78 is 5.75. The molecule has 4 heteroatoms. The number of Topliss-reactive ketones (excluding diaryl/α,β-unsaturated/α-hetero) is 1. The van der Waals surface area contributed by atoms with Crippen molar-refractivity contribution in [3.05, 3.63) is 28.8 Å². The Hall–Kier alpha value is -1.06. The van der Waals surface area contributed by atoms with Gasteiger partial charge in [0.15, 0.2) is 5.78 Å². The van der Waals surface area contributed by atoms with Crippen molar-refractivity contribution in [3.63, 3.8) is 0 Å². The van der Waals surface area contributed by atoms with Crippen molar-refractivity contribution in [3.8, 4) is 5.75 Å². The van der Waals surface area contributed by atoms with E-state index in [9.17, 15) is 4.79 Å². The summed E-state index contributed by atoms with van der Waals surface area (Å²) in [7, 11) is 0. The van der Waals surface area contributed by atoms with E-state index in [0.717, 1.165) is 19.6 Å². The van der Waals surface area contributed by atoms with E-state index in [4.69, 9.17) is 16.3 Å². The lowest BCUT2D eigenvalue weighted by molar-refractivity contribution is 0.0964. The summed E-state index contributed by atoms with van der Waals surface area (Å²) in [5.41, 5.74) is 0.613. The molecule has 0 aliphatic carbocycles. The minimum Gasteiger partial charge on any atom is -0.493 e. The molecule has 0 radical (unpaired) electrons. The van der Waals surface area contributed by atoms with Crippen molar-refractivity contribution < 1.29 is 9.53 Å². The lowest BCUT2D eigenvalue weighted by atomic mass is 10.1. The number of likely N-dealkylation sites (tertiary alicyclic amines) is 1. The summed E-state index contributed by atoms with van der Waals surface area (Å²) in [5, 5.41) is 0.580. The van der Waals surface area contributed by atoms with Gasteiger partial charge in [-0.1, -0.05) is 25.4 Å². The molecule has 0 bridgehead atoms. The summed E-state index contributed by atoms with van der Waals surface area (Å²) in [6, 6.07) is 5.30. The van der Waals surface area contributed by atoms with Crippen LogP contribution in [0, 0.1) is 5.92 Å². The number of halogens is 1. The van der Waals surface area contributed by atoms with Gasteiger partial charge in [0.2, 0.25) is 0 Å². The highest BCUT2D eigenvalue weighted by Gasteiger charge is 2.17. The van der Waals surface area contributed by atoms with E-state index in [0.29, 0.717) is 35.3 Å². The van der Waals surface area contributed by atoms with Crippen molar-refractivity contribution in [2.24, 2.45) is 5.92 Å². The average Bonchev–Trinajstić information content (AvgIpc) is 2.96. The fourth-order valence-electron chi connectivity index (χ4n) is 2.50. The van der Waals surface area contributed by atoms with Gasteiger partial charge in [0.1, 0.15) is 5.75 Å². The van der Waals surface area contributed by atoms with Crippen molar-refractivity contribution in [2.75, 3.05) is 26.2 Å². The highest BCUT2D eigenvalue weighted by Crippen LogP contribution is 2.25. The van der Waals surface area contributed by atoms with Crippen molar-refractivity contribution in [1.29, 1.82) is 0 Å². The standard InChI is InChI=1S/C17H24ClNO2/c1-13(2)12-21-17-6-5-14(18)11-15(17)16(20)7-10-19-8-3-4-9-19/h5-6,11,13H,3-4,7-10,12H2,1-2H3. The van der Waals surface area contributed by atoms with Crippen LogP contribution in [0.1, 0.15) is 43.5 Å². The molecule has 1 heterocycles. The molecule has 0 aromatic heterocycles. The summed E-state index contributed by atoms with van der Waals surface area (Å²) in [6.07, 6.45) is 3.01. The third kappa shape index (κ3) is 5.01. The summed E-state index contributed by atoms with van der Waals surface area (Å²) in [4.78, 5) is 14.8. The Morgan fingerprint density at radius 3 is 2.71 bits per heavy atom. The van der Waals surface area contributed by atoms with Crippen LogP contribution in [0.25, 0.3) is 0 Å². The quantitative estimate of drug-likeness (QED) is 0.712. The fourth-order valence-corrected chi connectivity index (χ4v) is 2.68. The van der Waals surface area contributed by atoms with Crippen LogP contribution in [-0.4, -0.2) is 36.9 Å². The van der Waals surface area contributed by atoms with E-state index in [1.165, 1.54) is 12.8 Å². The van der Waals surface area contributed by atoms with Gasteiger partial charge < -0.3 is 9.64 Å². The molecule has 21 heavy (non-hydrogen) atoms. The number of carbonyl (C=O) groups excluding carboxylic acids is 1. The van der Waals surface area contributed by atoms with Crippen LogP contribution in [0.2, 0.25) is 5.02 Å². The van der Waals surface area contributed by atoms with E-state index in [2.05, 4.69) is 18.7 Å². The lowest BCUT2D eigenvalue weighted by Crippen LogP contribution is -2.23. The predicted octanol–water partition coefficient (Wildman–Crippen LogP) is 4.04. The maximum absolute atomic E-state index is 12.5. The van der Waals surface area contributed by atoms with Crippen molar-refractivity contribution >= 4 is 17.4 Å². The lowest BCUT2D eigenvalue weighted by Gasteiger charge is -2.16. The molecule has 1 aliphatic rings. The number of benzene rings is 1. The molecule has 1 aromatic rings. The Balaban J connectivity index is 2.01. The van der Waals surface area contributed by atoms with Gasteiger partial charge in [-0.15, -0.1) is 0 Å². The van der Waals surface area contributed by atoms with Gasteiger partial charge in [-0.2, -0.15) is 0 Å². The van der Waals surface area contributed by atoms with Gasteiger partial charge in [0.05, 0.1) is 12.2 Å². The first-order chi connectivity index (χ1) is 10.1. The van der Waals surface area contributed by atoms with Gasteiger partial charge in [0, 0.05) is 18.0 Å². The molecule has 0 N–H and O–H groups in total. The van der Waals surface area contributed by atoms with E-state index < -0.39 is 0 Å². The average molecular weight is 310 g/mol.